The molecule has 0 amide bonds. The Morgan fingerprint density at radius 1 is 0.833 bits per heavy atom. The van der Waals surface area contributed by atoms with Crippen LogP contribution in [-0.4, -0.2) is 20.5 Å². The summed E-state index contributed by atoms with van der Waals surface area (Å²) in [5.41, 5.74) is 1.72. The van der Waals surface area contributed by atoms with Crippen molar-refractivity contribution in [3.05, 3.63) is 0 Å². The van der Waals surface area contributed by atoms with Crippen molar-refractivity contribution in [3.63, 3.8) is 0 Å². The molecule has 2 bridgehead atoms. The summed E-state index contributed by atoms with van der Waals surface area (Å²) in [6, 6.07) is 0. The van der Waals surface area contributed by atoms with Gasteiger partial charge >= 0.3 is 0 Å². The number of fused-ring (bicyclic) bond motifs is 3. The van der Waals surface area contributed by atoms with E-state index in [1.807, 2.05) is 14.2 Å². The number of rotatable bonds is 3. The van der Waals surface area contributed by atoms with Crippen LogP contribution >= 0.6 is 0 Å². The van der Waals surface area contributed by atoms with E-state index in [0.717, 1.165) is 17.8 Å². The summed E-state index contributed by atoms with van der Waals surface area (Å²) >= 11 is 0. The number of hydrogen-bond donors (Lipinski definition) is 0. The Balaban J connectivity index is 1.65. The molecule has 24 heavy (non-hydrogen) atoms. The summed E-state index contributed by atoms with van der Waals surface area (Å²) < 4.78 is 11.4. The van der Waals surface area contributed by atoms with E-state index >= 15 is 0 Å². The van der Waals surface area contributed by atoms with Crippen molar-refractivity contribution < 1.29 is 9.47 Å². The first-order chi connectivity index (χ1) is 11.4. The van der Waals surface area contributed by atoms with Crippen molar-refractivity contribution in [3.8, 4) is 0 Å². The minimum Gasteiger partial charge on any atom is -0.356 e. The molecular weight excluding hydrogens is 296 g/mol. The third-order valence-corrected chi connectivity index (χ3v) is 9.30. The maximum absolute atomic E-state index is 5.71. The monoisotopic (exact) mass is 334 g/mol. The van der Waals surface area contributed by atoms with Gasteiger partial charge in [-0.05, 0) is 85.4 Å². The Morgan fingerprint density at radius 3 is 2.29 bits per heavy atom. The third kappa shape index (κ3) is 2.28. The van der Waals surface area contributed by atoms with E-state index in [0.29, 0.717) is 22.2 Å². The zero-order valence-corrected chi connectivity index (χ0v) is 16.6. The van der Waals surface area contributed by atoms with Gasteiger partial charge in [0.25, 0.3) is 0 Å². The zero-order valence-electron chi connectivity index (χ0n) is 16.6. The number of hydrogen-bond acceptors (Lipinski definition) is 2. The smallest absolute Gasteiger partial charge is 0.159 e. The Hall–Kier alpha value is -0.0800. The molecule has 0 radical (unpaired) electrons. The molecule has 0 aromatic rings. The summed E-state index contributed by atoms with van der Waals surface area (Å²) in [4.78, 5) is 0. The van der Waals surface area contributed by atoms with Crippen molar-refractivity contribution >= 4 is 0 Å². The second-order valence-electron chi connectivity index (χ2n) is 10.6. The van der Waals surface area contributed by atoms with Gasteiger partial charge in [0.1, 0.15) is 0 Å². The summed E-state index contributed by atoms with van der Waals surface area (Å²) in [5.74, 6) is 3.34. The van der Waals surface area contributed by atoms with Crippen LogP contribution in [0.4, 0.5) is 0 Å². The highest BCUT2D eigenvalue weighted by Crippen LogP contribution is 2.72. The standard InChI is InChI=1S/C22H38O2/c1-20(2)10-6-11-21(3)17(20)9-12-22-13-15(7-8-18(21)22)16(14-22)19(23-4)24-5/h15-19H,6-14H2,1-5H3/t15-,16+,17-,18+,21-,22+/m1/s1. The molecular formula is C22H38O2. The molecule has 0 unspecified atom stereocenters. The zero-order chi connectivity index (χ0) is 17.2. The first kappa shape index (κ1) is 17.3. The fraction of sp³-hybridized carbons (Fsp3) is 1.00. The van der Waals surface area contributed by atoms with Crippen LogP contribution in [0, 0.1) is 39.9 Å². The normalized spacial score (nSPS) is 49.8. The maximum atomic E-state index is 5.71. The van der Waals surface area contributed by atoms with Crippen molar-refractivity contribution in [2.45, 2.75) is 84.8 Å². The second-order valence-corrected chi connectivity index (χ2v) is 10.6. The van der Waals surface area contributed by atoms with Gasteiger partial charge < -0.3 is 9.47 Å². The molecule has 1 spiro atoms. The molecule has 0 heterocycles. The van der Waals surface area contributed by atoms with Gasteiger partial charge in [-0.1, -0.05) is 27.2 Å². The minimum atomic E-state index is 0.0152. The van der Waals surface area contributed by atoms with E-state index in [2.05, 4.69) is 20.8 Å². The molecule has 0 aromatic heterocycles. The lowest BCUT2D eigenvalue weighted by atomic mass is 9.41. The molecule has 4 aliphatic carbocycles. The molecule has 2 heteroatoms. The van der Waals surface area contributed by atoms with E-state index < -0.39 is 0 Å². The Labute approximate surface area is 149 Å². The molecule has 6 atom stereocenters. The highest BCUT2D eigenvalue weighted by Gasteiger charge is 2.64. The molecule has 4 fully saturated rings. The summed E-state index contributed by atoms with van der Waals surface area (Å²) in [5, 5.41) is 0. The average Bonchev–Trinajstić information content (AvgIpc) is 2.79. The highest BCUT2D eigenvalue weighted by molar-refractivity contribution is 5.13. The lowest BCUT2D eigenvalue weighted by Gasteiger charge is -2.64. The molecule has 0 N–H and O–H groups in total. The average molecular weight is 335 g/mol. The van der Waals surface area contributed by atoms with E-state index in [1.165, 1.54) is 57.8 Å². The van der Waals surface area contributed by atoms with Crippen LogP contribution < -0.4 is 0 Å². The van der Waals surface area contributed by atoms with E-state index in [4.69, 9.17) is 9.47 Å². The van der Waals surface area contributed by atoms with Gasteiger partial charge in [0.05, 0.1) is 0 Å². The van der Waals surface area contributed by atoms with Gasteiger partial charge in [0, 0.05) is 20.1 Å². The molecule has 4 saturated carbocycles. The first-order valence-corrected chi connectivity index (χ1v) is 10.4. The molecule has 2 nitrogen and oxygen atoms in total. The molecule has 0 saturated heterocycles. The van der Waals surface area contributed by atoms with Crippen LogP contribution in [0.3, 0.4) is 0 Å². The molecule has 4 aliphatic rings. The van der Waals surface area contributed by atoms with E-state index in [1.54, 1.807) is 0 Å². The van der Waals surface area contributed by atoms with Crippen LogP contribution in [0.15, 0.2) is 0 Å². The van der Waals surface area contributed by atoms with E-state index in [-0.39, 0.29) is 6.29 Å². The lowest BCUT2D eigenvalue weighted by Crippen LogP contribution is -2.55. The van der Waals surface area contributed by atoms with Crippen LogP contribution in [0.2, 0.25) is 0 Å². The SMILES string of the molecule is COC(OC)[C@H]1C[C@@]23CC[C@@H]4C(C)(C)CCC[C@@]4(C)[C@@H]2CC[C@@H]1C3. The van der Waals surface area contributed by atoms with Crippen LogP contribution in [0.5, 0.6) is 0 Å². The van der Waals surface area contributed by atoms with Gasteiger partial charge in [-0.2, -0.15) is 0 Å². The largest absolute Gasteiger partial charge is 0.356 e. The third-order valence-electron chi connectivity index (χ3n) is 9.30. The minimum absolute atomic E-state index is 0.0152. The predicted octanol–water partition coefficient (Wildman–Crippen LogP) is 5.65. The quantitative estimate of drug-likeness (QED) is 0.620. The van der Waals surface area contributed by atoms with Gasteiger partial charge in [-0.3, -0.25) is 0 Å². The summed E-state index contributed by atoms with van der Waals surface area (Å²) in [6.45, 7) is 7.80. The molecule has 0 aromatic carbocycles. The van der Waals surface area contributed by atoms with Crippen molar-refractivity contribution in [1.29, 1.82) is 0 Å². The molecule has 138 valence electrons. The Morgan fingerprint density at radius 2 is 1.58 bits per heavy atom. The highest BCUT2D eigenvalue weighted by atomic mass is 16.7. The van der Waals surface area contributed by atoms with E-state index in [9.17, 15) is 0 Å². The van der Waals surface area contributed by atoms with Crippen molar-refractivity contribution in [2.24, 2.45) is 39.9 Å². The summed E-state index contributed by atoms with van der Waals surface area (Å²) in [7, 11) is 3.65. The van der Waals surface area contributed by atoms with Crippen LogP contribution in [0.1, 0.15) is 78.6 Å². The van der Waals surface area contributed by atoms with Gasteiger partial charge in [-0.15, -0.1) is 0 Å². The van der Waals surface area contributed by atoms with Gasteiger partial charge in [0.15, 0.2) is 6.29 Å². The molecule has 0 aliphatic heterocycles. The number of ether oxygens (including phenoxy) is 2. The van der Waals surface area contributed by atoms with Gasteiger partial charge in [-0.25, -0.2) is 0 Å². The second kappa shape index (κ2) is 5.71. The maximum Gasteiger partial charge on any atom is 0.159 e. The fourth-order valence-corrected chi connectivity index (χ4v) is 8.59. The van der Waals surface area contributed by atoms with Crippen molar-refractivity contribution in [1.82, 2.24) is 0 Å². The molecule has 4 rings (SSSR count). The Bertz CT molecular complexity index is 482. The lowest BCUT2D eigenvalue weighted by molar-refractivity contribution is -0.151. The topological polar surface area (TPSA) is 18.5 Å². The fourth-order valence-electron chi connectivity index (χ4n) is 8.59. The first-order valence-electron chi connectivity index (χ1n) is 10.4. The number of methoxy groups -OCH3 is 2. The Kier molecular flexibility index (Phi) is 4.12. The van der Waals surface area contributed by atoms with Crippen LogP contribution in [0.25, 0.3) is 0 Å². The summed E-state index contributed by atoms with van der Waals surface area (Å²) in [6.07, 6.45) is 13.0. The van der Waals surface area contributed by atoms with Gasteiger partial charge in [0.2, 0.25) is 0 Å². The van der Waals surface area contributed by atoms with Crippen LogP contribution in [-0.2, 0) is 9.47 Å². The predicted molar refractivity (Wildman–Crippen MR) is 97.6 cm³/mol. The van der Waals surface area contributed by atoms with Crippen molar-refractivity contribution in [2.75, 3.05) is 14.2 Å².